The van der Waals surface area contributed by atoms with Crippen molar-refractivity contribution in [3.05, 3.63) is 22.4 Å². The average molecular weight is 283 g/mol. The molecule has 1 aliphatic rings. The fourth-order valence-electron chi connectivity index (χ4n) is 2.63. The Morgan fingerprint density at radius 3 is 2.95 bits per heavy atom. The largest absolute Gasteiger partial charge is 0.468 e. The molecule has 1 atom stereocenters. The zero-order valence-electron chi connectivity index (χ0n) is 11.7. The molecule has 19 heavy (non-hydrogen) atoms. The molecule has 0 aromatic carbocycles. The van der Waals surface area contributed by atoms with Crippen LogP contribution in [0.5, 0.6) is 0 Å². The number of hydrogen-bond acceptors (Lipinski definition) is 5. The number of nitrogens with one attached hydrogen (secondary N) is 1. The summed E-state index contributed by atoms with van der Waals surface area (Å²) in [6, 6.07) is 4.08. The van der Waals surface area contributed by atoms with Crippen LogP contribution in [0.25, 0.3) is 0 Å². The Bertz CT molecular complexity index is 430. The second-order valence-electron chi connectivity index (χ2n) is 5.54. The summed E-state index contributed by atoms with van der Waals surface area (Å²) in [5, 5.41) is 5.44. The summed E-state index contributed by atoms with van der Waals surface area (Å²) in [5.41, 5.74) is -0.949. The van der Waals surface area contributed by atoms with Crippen molar-refractivity contribution in [2.45, 2.75) is 44.4 Å². The Labute approximate surface area is 118 Å². The molecular formula is C14H21NO3S. The minimum Gasteiger partial charge on any atom is -0.468 e. The normalized spacial score (nSPS) is 26.1. The molecule has 4 nitrogen and oxygen atoms in total. The van der Waals surface area contributed by atoms with Gasteiger partial charge in [0.05, 0.1) is 12.7 Å². The number of hydrogen-bond donors (Lipinski definition) is 1. The molecule has 2 heterocycles. The SMILES string of the molecule is COC(=O)C1(NCc2cccs2)CCOC(C)(C)C1. The zero-order valence-corrected chi connectivity index (χ0v) is 12.5. The van der Waals surface area contributed by atoms with Gasteiger partial charge in [-0.3, -0.25) is 10.1 Å². The topological polar surface area (TPSA) is 47.6 Å². The first-order valence-electron chi connectivity index (χ1n) is 6.47. The molecule has 1 aromatic rings. The Morgan fingerprint density at radius 2 is 2.37 bits per heavy atom. The van der Waals surface area contributed by atoms with Crippen molar-refractivity contribution >= 4 is 17.3 Å². The van der Waals surface area contributed by atoms with Gasteiger partial charge in [0.1, 0.15) is 5.54 Å². The van der Waals surface area contributed by atoms with Crippen molar-refractivity contribution in [1.29, 1.82) is 0 Å². The van der Waals surface area contributed by atoms with Crippen molar-refractivity contribution < 1.29 is 14.3 Å². The van der Waals surface area contributed by atoms with Crippen molar-refractivity contribution in [2.75, 3.05) is 13.7 Å². The van der Waals surface area contributed by atoms with Gasteiger partial charge in [-0.05, 0) is 31.7 Å². The molecule has 0 amide bonds. The van der Waals surface area contributed by atoms with Gasteiger partial charge in [0.2, 0.25) is 0 Å². The summed E-state index contributed by atoms with van der Waals surface area (Å²) in [7, 11) is 1.44. The lowest BCUT2D eigenvalue weighted by atomic mass is 9.81. The Hall–Kier alpha value is -0.910. The summed E-state index contributed by atoms with van der Waals surface area (Å²) in [5.74, 6) is -0.194. The highest BCUT2D eigenvalue weighted by atomic mass is 32.1. The van der Waals surface area contributed by atoms with Crippen LogP contribution in [0.2, 0.25) is 0 Å². The molecule has 1 aliphatic heterocycles. The molecule has 1 unspecified atom stereocenters. The molecule has 5 heteroatoms. The first kappa shape index (κ1) is 14.5. The fourth-order valence-corrected chi connectivity index (χ4v) is 3.27. The third-order valence-corrected chi connectivity index (χ3v) is 4.38. The van der Waals surface area contributed by atoms with Crippen LogP contribution in [-0.2, 0) is 20.8 Å². The van der Waals surface area contributed by atoms with E-state index >= 15 is 0 Å². The highest BCUT2D eigenvalue weighted by Crippen LogP contribution is 2.33. The molecule has 0 bridgehead atoms. The van der Waals surface area contributed by atoms with E-state index in [0.717, 1.165) is 0 Å². The maximum atomic E-state index is 12.2. The first-order chi connectivity index (χ1) is 8.97. The van der Waals surface area contributed by atoms with Gasteiger partial charge >= 0.3 is 5.97 Å². The van der Waals surface area contributed by atoms with E-state index in [-0.39, 0.29) is 11.6 Å². The predicted molar refractivity (Wildman–Crippen MR) is 75.2 cm³/mol. The molecule has 0 aliphatic carbocycles. The van der Waals surface area contributed by atoms with Gasteiger partial charge in [-0.15, -0.1) is 11.3 Å². The molecule has 2 rings (SSSR count). The highest BCUT2D eigenvalue weighted by Gasteiger charge is 2.47. The summed E-state index contributed by atoms with van der Waals surface area (Å²) in [6.45, 7) is 5.27. The van der Waals surface area contributed by atoms with E-state index in [9.17, 15) is 4.79 Å². The molecular weight excluding hydrogens is 262 g/mol. The van der Waals surface area contributed by atoms with Crippen LogP contribution in [0.15, 0.2) is 17.5 Å². The lowest BCUT2D eigenvalue weighted by Crippen LogP contribution is -2.59. The Balaban J connectivity index is 2.12. The second kappa shape index (κ2) is 5.61. The number of methoxy groups -OCH3 is 1. The van der Waals surface area contributed by atoms with E-state index in [0.29, 0.717) is 26.0 Å². The number of esters is 1. The van der Waals surface area contributed by atoms with Gasteiger partial charge in [-0.1, -0.05) is 6.07 Å². The zero-order chi connectivity index (χ0) is 13.9. The fraction of sp³-hybridized carbons (Fsp3) is 0.643. The van der Waals surface area contributed by atoms with E-state index in [4.69, 9.17) is 9.47 Å². The second-order valence-corrected chi connectivity index (χ2v) is 6.57. The minimum absolute atomic E-state index is 0.194. The van der Waals surface area contributed by atoms with Crippen LogP contribution < -0.4 is 5.32 Å². The van der Waals surface area contributed by atoms with Crippen LogP contribution >= 0.6 is 11.3 Å². The van der Waals surface area contributed by atoms with Crippen LogP contribution in [0.1, 0.15) is 31.6 Å². The lowest BCUT2D eigenvalue weighted by Gasteiger charge is -2.43. The quantitative estimate of drug-likeness (QED) is 0.862. The number of ether oxygens (including phenoxy) is 2. The molecule has 1 N–H and O–H groups in total. The van der Waals surface area contributed by atoms with Crippen molar-refractivity contribution in [1.82, 2.24) is 5.32 Å². The standard InChI is InChI=1S/C14H21NO3S/c1-13(2)10-14(6-7-18-13,12(16)17-3)15-9-11-5-4-8-19-11/h4-5,8,15H,6-7,9-10H2,1-3H3. The minimum atomic E-state index is -0.638. The van der Waals surface area contributed by atoms with Crippen molar-refractivity contribution in [3.8, 4) is 0 Å². The molecule has 1 saturated heterocycles. The van der Waals surface area contributed by atoms with E-state index in [1.54, 1.807) is 11.3 Å². The van der Waals surface area contributed by atoms with Crippen molar-refractivity contribution in [3.63, 3.8) is 0 Å². The van der Waals surface area contributed by atoms with Crippen LogP contribution in [-0.4, -0.2) is 30.8 Å². The Kier molecular flexibility index (Phi) is 4.28. The summed E-state index contributed by atoms with van der Waals surface area (Å²) < 4.78 is 10.7. The molecule has 1 aromatic heterocycles. The van der Waals surface area contributed by atoms with Gasteiger partial charge in [-0.25, -0.2) is 0 Å². The number of carbonyl (C=O) groups excluding carboxylic acids is 1. The van der Waals surface area contributed by atoms with Gasteiger partial charge in [0, 0.05) is 24.4 Å². The molecule has 0 saturated carbocycles. The monoisotopic (exact) mass is 283 g/mol. The maximum absolute atomic E-state index is 12.2. The summed E-state index contributed by atoms with van der Waals surface area (Å²) in [6.07, 6.45) is 1.27. The van der Waals surface area contributed by atoms with Crippen LogP contribution in [0.3, 0.4) is 0 Å². The third-order valence-electron chi connectivity index (χ3n) is 3.51. The van der Waals surface area contributed by atoms with E-state index in [1.165, 1.54) is 12.0 Å². The van der Waals surface area contributed by atoms with Gasteiger partial charge in [-0.2, -0.15) is 0 Å². The van der Waals surface area contributed by atoms with Crippen LogP contribution in [0.4, 0.5) is 0 Å². The smallest absolute Gasteiger partial charge is 0.326 e. The maximum Gasteiger partial charge on any atom is 0.326 e. The van der Waals surface area contributed by atoms with E-state index in [2.05, 4.69) is 11.4 Å². The summed E-state index contributed by atoms with van der Waals surface area (Å²) in [4.78, 5) is 13.4. The summed E-state index contributed by atoms with van der Waals surface area (Å²) >= 11 is 1.68. The van der Waals surface area contributed by atoms with Gasteiger partial charge < -0.3 is 9.47 Å². The number of rotatable bonds is 4. The third kappa shape index (κ3) is 3.35. The van der Waals surface area contributed by atoms with Gasteiger partial charge in [0.15, 0.2) is 0 Å². The molecule has 0 radical (unpaired) electrons. The molecule has 106 valence electrons. The Morgan fingerprint density at radius 1 is 1.58 bits per heavy atom. The van der Waals surface area contributed by atoms with E-state index < -0.39 is 5.54 Å². The lowest BCUT2D eigenvalue weighted by molar-refractivity contribution is -0.161. The highest BCUT2D eigenvalue weighted by molar-refractivity contribution is 7.09. The van der Waals surface area contributed by atoms with Crippen LogP contribution in [0, 0.1) is 0 Å². The molecule has 1 fully saturated rings. The van der Waals surface area contributed by atoms with Crippen molar-refractivity contribution in [2.24, 2.45) is 0 Å². The predicted octanol–water partition coefficient (Wildman–Crippen LogP) is 2.34. The first-order valence-corrected chi connectivity index (χ1v) is 7.35. The van der Waals surface area contributed by atoms with Gasteiger partial charge in [0.25, 0.3) is 0 Å². The number of carbonyl (C=O) groups is 1. The molecule has 0 spiro atoms. The number of thiophene rings is 1. The average Bonchev–Trinajstić information content (AvgIpc) is 2.87. The van der Waals surface area contributed by atoms with E-state index in [1.807, 2.05) is 25.3 Å².